The van der Waals surface area contributed by atoms with Crippen molar-refractivity contribution in [1.82, 2.24) is 0 Å². The third kappa shape index (κ3) is 2.53. The molecule has 1 unspecified atom stereocenters. The molecule has 0 spiro atoms. The van der Waals surface area contributed by atoms with Gasteiger partial charge in [0.25, 0.3) is 0 Å². The van der Waals surface area contributed by atoms with E-state index in [2.05, 4.69) is 17.9 Å². The van der Waals surface area contributed by atoms with Crippen LogP contribution in [0.5, 0.6) is 0 Å². The molecule has 0 saturated carbocycles. The molecular weight excluding hydrogens is 203 g/mol. The number of nitrogens with two attached hydrogens (primary N) is 1. The van der Waals surface area contributed by atoms with Crippen molar-refractivity contribution in [2.24, 2.45) is 11.7 Å². The Morgan fingerprint density at radius 3 is 2.88 bits per heavy atom. The molecule has 2 rings (SSSR count). The number of rotatable bonds is 3. The number of hydrogen-bond acceptors (Lipinski definition) is 2. The second kappa shape index (κ2) is 4.83. The fraction of sp³-hybridized carbons (Fsp3) is 0.538. The maximum absolute atomic E-state index is 13.4. The molecule has 0 amide bonds. The lowest BCUT2D eigenvalue weighted by molar-refractivity contribution is 0.624. The monoisotopic (exact) mass is 222 g/mol. The summed E-state index contributed by atoms with van der Waals surface area (Å²) in [5, 5.41) is 0. The third-order valence-corrected chi connectivity index (χ3v) is 3.16. The molecule has 1 saturated heterocycles. The second-order valence-corrected chi connectivity index (χ2v) is 4.70. The smallest absolute Gasteiger partial charge is 0.125 e. The van der Waals surface area contributed by atoms with Crippen LogP contribution in [0.4, 0.5) is 10.1 Å². The van der Waals surface area contributed by atoms with Gasteiger partial charge < -0.3 is 10.6 Å². The lowest BCUT2D eigenvalue weighted by atomic mass is 10.1. The van der Waals surface area contributed by atoms with Gasteiger partial charge >= 0.3 is 0 Å². The Hall–Kier alpha value is -1.09. The Morgan fingerprint density at radius 2 is 2.25 bits per heavy atom. The molecule has 1 aliphatic heterocycles. The largest absolute Gasteiger partial charge is 0.371 e. The van der Waals surface area contributed by atoms with Crippen LogP contribution in [0.1, 0.15) is 18.9 Å². The Bertz CT molecular complexity index is 365. The molecule has 0 aliphatic carbocycles. The van der Waals surface area contributed by atoms with Crippen LogP contribution >= 0.6 is 0 Å². The minimum absolute atomic E-state index is 0.152. The van der Waals surface area contributed by atoms with Crippen molar-refractivity contribution >= 4 is 5.69 Å². The number of anilines is 1. The summed E-state index contributed by atoms with van der Waals surface area (Å²) in [6.45, 7) is 4.87. The third-order valence-electron chi connectivity index (χ3n) is 3.16. The normalized spacial score (nSPS) is 20.4. The highest BCUT2D eigenvalue weighted by molar-refractivity contribution is 5.50. The van der Waals surface area contributed by atoms with E-state index in [0.717, 1.165) is 30.8 Å². The highest BCUT2D eigenvalue weighted by atomic mass is 19.1. The maximum atomic E-state index is 13.4. The van der Waals surface area contributed by atoms with E-state index in [-0.39, 0.29) is 5.82 Å². The van der Waals surface area contributed by atoms with Crippen LogP contribution in [-0.2, 0) is 6.42 Å². The van der Waals surface area contributed by atoms with Crippen molar-refractivity contribution in [3.63, 3.8) is 0 Å². The van der Waals surface area contributed by atoms with Gasteiger partial charge in [0, 0.05) is 18.8 Å². The summed E-state index contributed by atoms with van der Waals surface area (Å²) in [5.74, 6) is 0.557. The Labute approximate surface area is 96.2 Å². The van der Waals surface area contributed by atoms with Crippen LogP contribution in [0.3, 0.4) is 0 Å². The zero-order valence-electron chi connectivity index (χ0n) is 9.75. The molecule has 1 fully saturated rings. The van der Waals surface area contributed by atoms with Crippen molar-refractivity contribution < 1.29 is 4.39 Å². The summed E-state index contributed by atoms with van der Waals surface area (Å²) in [5.41, 5.74) is 7.50. The van der Waals surface area contributed by atoms with Crippen LogP contribution < -0.4 is 10.6 Å². The van der Waals surface area contributed by atoms with Gasteiger partial charge in [0.1, 0.15) is 5.82 Å². The Balaban J connectivity index is 2.20. The van der Waals surface area contributed by atoms with E-state index in [9.17, 15) is 4.39 Å². The fourth-order valence-electron chi connectivity index (χ4n) is 2.30. The quantitative estimate of drug-likeness (QED) is 0.849. The van der Waals surface area contributed by atoms with E-state index >= 15 is 0 Å². The highest BCUT2D eigenvalue weighted by Crippen LogP contribution is 2.25. The average molecular weight is 222 g/mol. The van der Waals surface area contributed by atoms with Gasteiger partial charge in [-0.15, -0.1) is 0 Å². The zero-order chi connectivity index (χ0) is 11.5. The van der Waals surface area contributed by atoms with Gasteiger partial charge in [-0.1, -0.05) is 6.92 Å². The maximum Gasteiger partial charge on any atom is 0.125 e. The lowest BCUT2D eigenvalue weighted by Crippen LogP contribution is -2.19. The van der Waals surface area contributed by atoms with Gasteiger partial charge in [0.15, 0.2) is 0 Å². The van der Waals surface area contributed by atoms with Crippen LogP contribution in [0, 0.1) is 11.7 Å². The van der Waals surface area contributed by atoms with Crippen molar-refractivity contribution in [2.75, 3.05) is 24.5 Å². The molecule has 2 N–H and O–H groups in total. The molecule has 0 bridgehead atoms. The minimum atomic E-state index is -0.152. The van der Waals surface area contributed by atoms with Crippen molar-refractivity contribution in [1.29, 1.82) is 0 Å². The van der Waals surface area contributed by atoms with E-state index in [0.29, 0.717) is 12.5 Å². The summed E-state index contributed by atoms with van der Waals surface area (Å²) < 4.78 is 13.4. The van der Waals surface area contributed by atoms with Crippen LogP contribution in [-0.4, -0.2) is 19.6 Å². The molecule has 3 heteroatoms. The molecule has 88 valence electrons. The van der Waals surface area contributed by atoms with Crippen molar-refractivity contribution in [2.45, 2.75) is 19.8 Å². The first-order chi connectivity index (χ1) is 7.69. The van der Waals surface area contributed by atoms with E-state index in [4.69, 9.17) is 5.73 Å². The summed E-state index contributed by atoms with van der Waals surface area (Å²) in [4.78, 5) is 2.26. The molecule has 1 atom stereocenters. The molecule has 1 aliphatic rings. The van der Waals surface area contributed by atoms with Gasteiger partial charge in [0.2, 0.25) is 0 Å². The predicted molar refractivity (Wildman–Crippen MR) is 65.2 cm³/mol. The molecular formula is C13H19FN2. The molecule has 2 nitrogen and oxygen atoms in total. The van der Waals surface area contributed by atoms with Crippen LogP contribution in [0.25, 0.3) is 0 Å². The highest BCUT2D eigenvalue weighted by Gasteiger charge is 2.19. The topological polar surface area (TPSA) is 29.3 Å². The first-order valence-corrected chi connectivity index (χ1v) is 5.93. The number of nitrogens with zero attached hydrogens (tertiary/aromatic N) is 1. The van der Waals surface area contributed by atoms with E-state index in [1.54, 1.807) is 12.1 Å². The Kier molecular flexibility index (Phi) is 3.44. The number of halogens is 1. The number of hydrogen-bond donors (Lipinski definition) is 1. The molecule has 0 radical (unpaired) electrons. The standard InChI is InChI=1S/C13H19FN2/c1-10-3-5-16(9-10)13-7-11(2-4-15)6-12(14)8-13/h6-8,10H,2-5,9,15H2,1H3. The van der Waals surface area contributed by atoms with Gasteiger partial charge in [-0.3, -0.25) is 0 Å². The van der Waals surface area contributed by atoms with Crippen molar-refractivity contribution in [3.8, 4) is 0 Å². The predicted octanol–water partition coefficient (Wildman–Crippen LogP) is 2.17. The SMILES string of the molecule is CC1CCN(c2cc(F)cc(CCN)c2)C1. The fourth-order valence-corrected chi connectivity index (χ4v) is 2.30. The van der Waals surface area contributed by atoms with Gasteiger partial charge in [-0.05, 0) is 49.1 Å². The summed E-state index contributed by atoms with van der Waals surface area (Å²) >= 11 is 0. The molecule has 0 aromatic heterocycles. The second-order valence-electron chi connectivity index (χ2n) is 4.70. The van der Waals surface area contributed by atoms with Gasteiger partial charge in [-0.25, -0.2) is 4.39 Å². The lowest BCUT2D eigenvalue weighted by Gasteiger charge is -2.19. The molecule has 1 aromatic rings. The van der Waals surface area contributed by atoms with E-state index in [1.807, 2.05) is 0 Å². The van der Waals surface area contributed by atoms with Gasteiger partial charge in [0.05, 0.1) is 0 Å². The van der Waals surface area contributed by atoms with Crippen LogP contribution in [0.2, 0.25) is 0 Å². The summed E-state index contributed by atoms with van der Waals surface area (Å²) in [6, 6.07) is 5.27. The van der Waals surface area contributed by atoms with E-state index in [1.165, 1.54) is 6.42 Å². The minimum Gasteiger partial charge on any atom is -0.371 e. The van der Waals surface area contributed by atoms with Crippen molar-refractivity contribution in [3.05, 3.63) is 29.6 Å². The summed E-state index contributed by atoms with van der Waals surface area (Å²) in [7, 11) is 0. The van der Waals surface area contributed by atoms with Gasteiger partial charge in [-0.2, -0.15) is 0 Å². The molecule has 16 heavy (non-hydrogen) atoms. The zero-order valence-corrected chi connectivity index (χ0v) is 9.75. The number of benzene rings is 1. The van der Waals surface area contributed by atoms with E-state index < -0.39 is 0 Å². The first kappa shape index (κ1) is 11.4. The average Bonchev–Trinajstić information content (AvgIpc) is 2.64. The molecule has 1 aromatic carbocycles. The summed E-state index contributed by atoms with van der Waals surface area (Å²) in [6.07, 6.45) is 1.94. The molecule has 1 heterocycles. The van der Waals surface area contributed by atoms with Crippen LogP contribution in [0.15, 0.2) is 18.2 Å². The Morgan fingerprint density at radius 1 is 1.44 bits per heavy atom. The first-order valence-electron chi connectivity index (χ1n) is 5.93.